The van der Waals surface area contributed by atoms with E-state index in [4.69, 9.17) is 10.4 Å². The van der Waals surface area contributed by atoms with Gasteiger partial charge in [0, 0.05) is 24.9 Å². The Bertz CT molecular complexity index is 679. The molecule has 3 nitrogen and oxygen atoms in total. The lowest BCUT2D eigenvalue weighted by Crippen LogP contribution is -2.17. The maximum Gasteiger partial charge on any atom is 0.107 e. The Hall–Kier alpha value is -1.60. The molecule has 1 heterocycles. The maximum atomic E-state index is 8.96. The van der Waals surface area contributed by atoms with Crippen molar-refractivity contribution < 1.29 is 0 Å². The van der Waals surface area contributed by atoms with Crippen molar-refractivity contribution in [3.63, 3.8) is 0 Å². The summed E-state index contributed by atoms with van der Waals surface area (Å²) in [7, 11) is 0. The van der Waals surface area contributed by atoms with Crippen LogP contribution < -0.4 is 0 Å². The van der Waals surface area contributed by atoms with Crippen LogP contribution in [0, 0.1) is 23.7 Å². The topological polar surface area (TPSA) is 41.6 Å². The molecule has 0 spiro atoms. The van der Waals surface area contributed by atoms with Crippen molar-refractivity contribution in [3.8, 4) is 17.3 Å². The average molecular weight is 371 g/mol. The van der Waals surface area contributed by atoms with E-state index in [-0.39, 0.29) is 0 Å². The van der Waals surface area contributed by atoms with Crippen LogP contribution in [0.1, 0.15) is 37.8 Å². The molecule has 0 unspecified atom stereocenters. The van der Waals surface area contributed by atoms with Gasteiger partial charge in [-0.05, 0) is 54.0 Å². The molecule has 119 valence electrons. The third kappa shape index (κ3) is 3.84. The standard InChI is InChI=1S/C19H21BrN3/c20-18-17(12-7-13-21)23(14-15-8-3-1-4-9-15)22-19(18)16-10-5-2-6-11-16/h1-2,5-6,10-11,15H,3-4,7-9,12,14H2. The van der Waals surface area contributed by atoms with E-state index < -0.39 is 0 Å². The second kappa shape index (κ2) is 7.79. The van der Waals surface area contributed by atoms with E-state index in [1.54, 1.807) is 0 Å². The molecule has 1 aliphatic carbocycles. The van der Waals surface area contributed by atoms with Crippen molar-refractivity contribution in [1.29, 1.82) is 5.26 Å². The number of halogens is 1. The fourth-order valence-corrected chi connectivity index (χ4v) is 3.95. The third-order valence-corrected chi connectivity index (χ3v) is 5.34. The van der Waals surface area contributed by atoms with Crippen LogP contribution in [-0.2, 0) is 13.0 Å². The monoisotopic (exact) mass is 370 g/mol. The van der Waals surface area contributed by atoms with E-state index in [1.165, 1.54) is 25.7 Å². The quantitative estimate of drug-likeness (QED) is 0.728. The highest BCUT2D eigenvalue weighted by Gasteiger charge is 2.20. The van der Waals surface area contributed by atoms with Gasteiger partial charge in [-0.15, -0.1) is 0 Å². The molecule has 1 saturated carbocycles. The number of hydrogen-bond acceptors (Lipinski definition) is 2. The molecule has 23 heavy (non-hydrogen) atoms. The summed E-state index contributed by atoms with van der Waals surface area (Å²) in [5, 5.41) is 13.8. The van der Waals surface area contributed by atoms with Gasteiger partial charge in [0.1, 0.15) is 5.69 Å². The Labute approximate surface area is 146 Å². The van der Waals surface area contributed by atoms with E-state index in [0.717, 1.165) is 34.4 Å². The summed E-state index contributed by atoms with van der Waals surface area (Å²) < 4.78 is 3.18. The first-order valence-corrected chi connectivity index (χ1v) is 9.08. The molecule has 2 aromatic rings. The molecule has 3 rings (SSSR count). The number of hydrogen-bond donors (Lipinski definition) is 0. The Morgan fingerprint density at radius 3 is 2.65 bits per heavy atom. The van der Waals surface area contributed by atoms with Crippen molar-refractivity contribution in [2.45, 2.75) is 45.1 Å². The predicted octanol–water partition coefficient (Wildman–Crippen LogP) is 5.16. The zero-order valence-corrected chi connectivity index (χ0v) is 14.8. The van der Waals surface area contributed by atoms with Gasteiger partial charge in [0.05, 0.1) is 16.2 Å². The summed E-state index contributed by atoms with van der Waals surface area (Å²) >= 11 is 3.73. The van der Waals surface area contributed by atoms with Crippen LogP contribution >= 0.6 is 15.9 Å². The highest BCUT2D eigenvalue weighted by atomic mass is 79.9. The second-order valence-corrected chi connectivity index (χ2v) is 6.92. The third-order valence-electron chi connectivity index (χ3n) is 4.50. The minimum Gasteiger partial charge on any atom is -0.267 e. The molecular formula is C19H21BrN3. The first-order valence-electron chi connectivity index (χ1n) is 8.29. The summed E-state index contributed by atoms with van der Waals surface area (Å²) in [6.45, 7) is 0.958. The lowest BCUT2D eigenvalue weighted by molar-refractivity contribution is 0.335. The molecule has 0 aliphatic heterocycles. The van der Waals surface area contributed by atoms with E-state index in [9.17, 15) is 0 Å². The molecule has 1 fully saturated rings. The Balaban J connectivity index is 1.91. The van der Waals surface area contributed by atoms with Gasteiger partial charge in [-0.3, -0.25) is 4.68 Å². The fraction of sp³-hybridized carbons (Fsp3) is 0.421. The number of nitriles is 1. The van der Waals surface area contributed by atoms with Gasteiger partial charge in [0.2, 0.25) is 0 Å². The molecule has 0 bridgehead atoms. The first kappa shape index (κ1) is 16.3. The van der Waals surface area contributed by atoms with Gasteiger partial charge in [-0.2, -0.15) is 10.4 Å². The van der Waals surface area contributed by atoms with Crippen molar-refractivity contribution in [2.24, 2.45) is 5.92 Å². The maximum absolute atomic E-state index is 8.96. The van der Waals surface area contributed by atoms with Crippen molar-refractivity contribution in [1.82, 2.24) is 9.78 Å². The average Bonchev–Trinajstić information content (AvgIpc) is 2.90. The molecule has 0 amide bonds. The number of nitrogens with zero attached hydrogens (tertiary/aromatic N) is 3. The Morgan fingerprint density at radius 1 is 1.22 bits per heavy atom. The fourth-order valence-electron chi connectivity index (χ4n) is 3.24. The highest BCUT2D eigenvalue weighted by molar-refractivity contribution is 9.10. The largest absolute Gasteiger partial charge is 0.267 e. The van der Waals surface area contributed by atoms with Crippen LogP contribution in [0.5, 0.6) is 0 Å². The van der Waals surface area contributed by atoms with Crippen LogP contribution in [0.2, 0.25) is 0 Å². The minimum absolute atomic E-state index is 0.525. The number of rotatable bonds is 5. The molecule has 0 saturated heterocycles. The molecule has 1 aromatic carbocycles. The van der Waals surface area contributed by atoms with Gasteiger partial charge in [0.15, 0.2) is 0 Å². The molecule has 1 radical (unpaired) electrons. The summed E-state index contributed by atoms with van der Waals surface area (Å²) in [4.78, 5) is 0. The highest BCUT2D eigenvalue weighted by Crippen LogP contribution is 2.33. The lowest BCUT2D eigenvalue weighted by Gasteiger charge is -2.22. The van der Waals surface area contributed by atoms with Gasteiger partial charge in [-0.1, -0.05) is 30.3 Å². The van der Waals surface area contributed by atoms with Crippen LogP contribution in [0.3, 0.4) is 0 Å². The predicted molar refractivity (Wildman–Crippen MR) is 95.6 cm³/mol. The molecule has 0 N–H and O–H groups in total. The van der Waals surface area contributed by atoms with Crippen molar-refractivity contribution in [3.05, 3.63) is 46.9 Å². The molecule has 0 atom stereocenters. The SMILES string of the molecule is N#CCCc1c(Br)c(-c2ccccc2)nn1CC1CC[CH]CC1. The summed E-state index contributed by atoms with van der Waals surface area (Å²) in [6, 6.07) is 12.5. The second-order valence-electron chi connectivity index (χ2n) is 6.12. The Kier molecular flexibility index (Phi) is 5.51. The lowest BCUT2D eigenvalue weighted by atomic mass is 9.89. The summed E-state index contributed by atoms with van der Waals surface area (Å²) in [5.74, 6) is 0.691. The number of aromatic nitrogens is 2. The van der Waals surface area contributed by atoms with Crippen LogP contribution in [0.25, 0.3) is 11.3 Å². The minimum atomic E-state index is 0.525. The zero-order chi connectivity index (χ0) is 16.1. The normalized spacial score (nSPS) is 15.5. The van der Waals surface area contributed by atoms with E-state index in [1.807, 2.05) is 18.2 Å². The first-order chi connectivity index (χ1) is 11.3. The van der Waals surface area contributed by atoms with Gasteiger partial charge in [0.25, 0.3) is 0 Å². The van der Waals surface area contributed by atoms with Crippen LogP contribution in [-0.4, -0.2) is 9.78 Å². The molecular weight excluding hydrogens is 350 g/mol. The zero-order valence-electron chi connectivity index (χ0n) is 13.2. The van der Waals surface area contributed by atoms with Gasteiger partial charge in [-0.25, -0.2) is 0 Å². The summed E-state index contributed by atoms with van der Waals surface area (Å²) in [6.07, 6.45) is 8.58. The van der Waals surface area contributed by atoms with E-state index in [2.05, 4.69) is 45.2 Å². The van der Waals surface area contributed by atoms with Gasteiger partial charge < -0.3 is 0 Å². The Morgan fingerprint density at radius 2 is 1.96 bits per heavy atom. The molecule has 1 aliphatic rings. The number of benzene rings is 1. The molecule has 1 aromatic heterocycles. The van der Waals surface area contributed by atoms with E-state index in [0.29, 0.717) is 12.3 Å². The van der Waals surface area contributed by atoms with Crippen LogP contribution in [0.4, 0.5) is 0 Å². The van der Waals surface area contributed by atoms with Crippen molar-refractivity contribution >= 4 is 15.9 Å². The smallest absolute Gasteiger partial charge is 0.107 e. The van der Waals surface area contributed by atoms with E-state index >= 15 is 0 Å². The van der Waals surface area contributed by atoms with Crippen LogP contribution in [0.15, 0.2) is 34.8 Å². The van der Waals surface area contributed by atoms with Gasteiger partial charge >= 0.3 is 0 Å². The van der Waals surface area contributed by atoms with Crippen molar-refractivity contribution in [2.75, 3.05) is 0 Å². The molecule has 4 heteroatoms. The summed E-state index contributed by atoms with van der Waals surface area (Å²) in [5.41, 5.74) is 3.26.